The number of hydrogen-bond acceptors (Lipinski definition) is 6. The first-order valence-electron chi connectivity index (χ1n) is 5.07. The summed E-state index contributed by atoms with van der Waals surface area (Å²) in [5.41, 5.74) is -0.582. The molecule has 1 aromatic heterocycles. The van der Waals surface area contributed by atoms with E-state index >= 15 is 0 Å². The number of nitriles is 1. The van der Waals surface area contributed by atoms with Crippen LogP contribution in [0.2, 0.25) is 0 Å². The lowest BCUT2D eigenvalue weighted by atomic mass is 10.1. The predicted molar refractivity (Wildman–Crippen MR) is 62.0 cm³/mol. The Balaban J connectivity index is 2.55. The van der Waals surface area contributed by atoms with Crippen molar-refractivity contribution in [1.82, 2.24) is 15.5 Å². The molecule has 1 atom stereocenters. The van der Waals surface area contributed by atoms with Crippen LogP contribution in [0.1, 0.15) is 26.7 Å². The van der Waals surface area contributed by atoms with Crippen LogP contribution in [0.3, 0.4) is 0 Å². The molecule has 0 amide bonds. The van der Waals surface area contributed by atoms with Crippen LogP contribution < -0.4 is 5.32 Å². The smallest absolute Gasteiger partial charge is 0.276 e. The summed E-state index contributed by atoms with van der Waals surface area (Å²) in [6, 6.07) is 2.52. The molecule has 0 saturated heterocycles. The number of aromatic nitrogens is 2. The van der Waals surface area contributed by atoms with E-state index in [1.54, 1.807) is 6.92 Å². The van der Waals surface area contributed by atoms with E-state index in [-0.39, 0.29) is 6.04 Å². The number of nitrogens with zero attached hydrogens (tertiary/aromatic N) is 3. The second kappa shape index (κ2) is 5.32. The molecule has 1 unspecified atom stereocenters. The predicted octanol–water partition coefficient (Wildman–Crippen LogP) is 1.75. The average molecular weight is 240 g/mol. The lowest BCUT2D eigenvalue weighted by Crippen LogP contribution is -2.47. The molecule has 0 aromatic carbocycles. The third kappa shape index (κ3) is 3.83. The highest BCUT2D eigenvalue weighted by atomic mass is 32.2. The zero-order valence-electron chi connectivity index (χ0n) is 9.94. The molecule has 0 bridgehead atoms. The van der Waals surface area contributed by atoms with Crippen molar-refractivity contribution in [2.45, 2.75) is 44.5 Å². The van der Waals surface area contributed by atoms with Gasteiger partial charge in [-0.25, -0.2) is 0 Å². The summed E-state index contributed by atoms with van der Waals surface area (Å²) in [6.45, 7) is 7.63. The summed E-state index contributed by atoms with van der Waals surface area (Å²) in [4.78, 5) is 0. The van der Waals surface area contributed by atoms with Crippen LogP contribution in [0, 0.1) is 18.3 Å². The van der Waals surface area contributed by atoms with Gasteiger partial charge in [0.15, 0.2) is 0 Å². The van der Waals surface area contributed by atoms with Gasteiger partial charge in [0.1, 0.15) is 5.54 Å². The first-order valence-corrected chi connectivity index (χ1v) is 6.05. The molecule has 88 valence electrons. The van der Waals surface area contributed by atoms with Gasteiger partial charge in [0.05, 0.1) is 6.07 Å². The Morgan fingerprint density at radius 1 is 1.56 bits per heavy atom. The van der Waals surface area contributed by atoms with Gasteiger partial charge >= 0.3 is 0 Å². The van der Waals surface area contributed by atoms with Gasteiger partial charge in [-0.3, -0.25) is 5.32 Å². The number of rotatable bonds is 5. The normalized spacial score (nSPS) is 14.8. The number of aryl methyl sites for hydroxylation is 1. The van der Waals surface area contributed by atoms with E-state index < -0.39 is 5.54 Å². The average Bonchev–Trinajstić information content (AvgIpc) is 2.60. The molecule has 1 N–H and O–H groups in total. The zero-order chi connectivity index (χ0) is 12.2. The molecular weight excluding hydrogens is 224 g/mol. The van der Waals surface area contributed by atoms with Crippen molar-refractivity contribution in [3.63, 3.8) is 0 Å². The molecule has 1 aromatic rings. The van der Waals surface area contributed by atoms with Crippen molar-refractivity contribution in [2.75, 3.05) is 5.75 Å². The van der Waals surface area contributed by atoms with Crippen molar-refractivity contribution >= 4 is 11.8 Å². The van der Waals surface area contributed by atoms with Crippen molar-refractivity contribution < 1.29 is 4.42 Å². The largest absolute Gasteiger partial charge is 0.416 e. The molecule has 0 spiro atoms. The van der Waals surface area contributed by atoms with Crippen LogP contribution >= 0.6 is 11.8 Å². The fourth-order valence-electron chi connectivity index (χ4n) is 1.29. The monoisotopic (exact) mass is 240 g/mol. The van der Waals surface area contributed by atoms with Gasteiger partial charge in [-0.2, -0.15) is 5.26 Å². The Bertz CT molecular complexity index is 384. The summed E-state index contributed by atoms with van der Waals surface area (Å²) in [5, 5.41) is 20.4. The lowest BCUT2D eigenvalue weighted by molar-refractivity contribution is 0.421. The molecule has 0 aliphatic heterocycles. The minimum absolute atomic E-state index is 0.259. The van der Waals surface area contributed by atoms with Gasteiger partial charge in [-0.05, 0) is 20.8 Å². The van der Waals surface area contributed by atoms with E-state index in [1.165, 1.54) is 11.8 Å². The van der Waals surface area contributed by atoms with E-state index in [4.69, 9.17) is 9.68 Å². The number of hydrogen-bond donors (Lipinski definition) is 1. The van der Waals surface area contributed by atoms with Crippen LogP contribution in [0.4, 0.5) is 0 Å². The van der Waals surface area contributed by atoms with Crippen LogP contribution in [0.5, 0.6) is 0 Å². The first-order chi connectivity index (χ1) is 7.45. The second-order valence-corrected chi connectivity index (χ2v) is 5.05. The maximum Gasteiger partial charge on any atom is 0.276 e. The highest BCUT2D eigenvalue weighted by molar-refractivity contribution is 7.99. The molecule has 6 heteroatoms. The summed E-state index contributed by atoms with van der Waals surface area (Å²) in [7, 11) is 0. The molecule has 0 fully saturated rings. The highest BCUT2D eigenvalue weighted by Gasteiger charge is 2.25. The second-order valence-electron chi connectivity index (χ2n) is 4.12. The fourth-order valence-corrected chi connectivity index (χ4v) is 2.12. The summed E-state index contributed by atoms with van der Waals surface area (Å²) < 4.78 is 5.23. The Kier molecular flexibility index (Phi) is 4.33. The highest BCUT2D eigenvalue weighted by Crippen LogP contribution is 2.21. The van der Waals surface area contributed by atoms with E-state index in [2.05, 4.69) is 21.6 Å². The van der Waals surface area contributed by atoms with Crippen molar-refractivity contribution in [2.24, 2.45) is 0 Å². The maximum atomic E-state index is 9.12. The standard InChI is InChI=1S/C10H16N4OS/c1-7(2)12-10(4,5-11)6-16-9-14-13-8(3)15-9/h7,12H,6H2,1-4H3. The van der Waals surface area contributed by atoms with Crippen molar-refractivity contribution in [1.29, 1.82) is 5.26 Å². The quantitative estimate of drug-likeness (QED) is 0.790. The van der Waals surface area contributed by atoms with E-state index in [9.17, 15) is 0 Å². The fraction of sp³-hybridized carbons (Fsp3) is 0.700. The summed E-state index contributed by atoms with van der Waals surface area (Å²) in [6.07, 6.45) is 0. The maximum absolute atomic E-state index is 9.12. The third-order valence-corrected chi connectivity index (χ3v) is 2.98. The van der Waals surface area contributed by atoms with Crippen molar-refractivity contribution in [3.8, 4) is 6.07 Å². The number of thioether (sulfide) groups is 1. The molecule has 0 aliphatic carbocycles. The first kappa shape index (κ1) is 13.0. The van der Waals surface area contributed by atoms with Crippen LogP contribution in [-0.2, 0) is 0 Å². The van der Waals surface area contributed by atoms with Gasteiger partial charge in [-0.15, -0.1) is 10.2 Å². The molecule has 5 nitrogen and oxygen atoms in total. The molecule has 16 heavy (non-hydrogen) atoms. The minimum Gasteiger partial charge on any atom is -0.416 e. The van der Waals surface area contributed by atoms with Gasteiger partial charge in [-0.1, -0.05) is 11.8 Å². The lowest BCUT2D eigenvalue weighted by Gasteiger charge is -2.24. The third-order valence-electron chi connectivity index (χ3n) is 1.85. The van der Waals surface area contributed by atoms with Gasteiger partial charge in [0.25, 0.3) is 5.22 Å². The molecule has 0 radical (unpaired) electrons. The van der Waals surface area contributed by atoms with E-state index in [0.29, 0.717) is 16.9 Å². The number of nitrogens with one attached hydrogen (secondary N) is 1. The zero-order valence-corrected chi connectivity index (χ0v) is 10.8. The minimum atomic E-state index is -0.582. The van der Waals surface area contributed by atoms with E-state index in [1.807, 2.05) is 20.8 Å². The Labute approximate surface area is 99.6 Å². The Hall–Kier alpha value is -1.06. The summed E-state index contributed by atoms with van der Waals surface area (Å²) >= 11 is 1.39. The SMILES string of the molecule is Cc1nnc(SCC(C)(C#N)NC(C)C)o1. The van der Waals surface area contributed by atoms with Crippen molar-refractivity contribution in [3.05, 3.63) is 5.89 Å². The van der Waals surface area contributed by atoms with Crippen LogP contribution in [-0.4, -0.2) is 27.5 Å². The van der Waals surface area contributed by atoms with Crippen LogP contribution in [0.25, 0.3) is 0 Å². The molecule has 0 aliphatic rings. The Morgan fingerprint density at radius 3 is 2.69 bits per heavy atom. The van der Waals surface area contributed by atoms with Gasteiger partial charge in [0, 0.05) is 18.7 Å². The molecule has 1 rings (SSSR count). The van der Waals surface area contributed by atoms with E-state index in [0.717, 1.165) is 0 Å². The van der Waals surface area contributed by atoms with Gasteiger partial charge < -0.3 is 4.42 Å². The molecular formula is C10H16N4OS. The summed E-state index contributed by atoms with van der Waals surface area (Å²) in [5.74, 6) is 1.11. The van der Waals surface area contributed by atoms with Gasteiger partial charge in [0.2, 0.25) is 5.89 Å². The molecule has 1 heterocycles. The molecule has 0 saturated carbocycles. The Morgan fingerprint density at radius 2 is 2.25 bits per heavy atom. The topological polar surface area (TPSA) is 74.7 Å². The van der Waals surface area contributed by atoms with Crippen LogP contribution in [0.15, 0.2) is 9.64 Å².